The Labute approximate surface area is 165 Å². The lowest BCUT2D eigenvalue weighted by Gasteiger charge is -2.27. The van der Waals surface area contributed by atoms with Crippen LogP contribution in [0.3, 0.4) is 0 Å². The lowest BCUT2D eigenvalue weighted by molar-refractivity contribution is -0.111. The van der Waals surface area contributed by atoms with Gasteiger partial charge in [-0.1, -0.05) is 13.0 Å². The number of nitrogens with two attached hydrogens (primary N) is 1. The summed E-state index contributed by atoms with van der Waals surface area (Å²) in [7, 11) is 0. The van der Waals surface area contributed by atoms with Gasteiger partial charge in [0.2, 0.25) is 5.91 Å². The molecule has 6 heteroatoms. The van der Waals surface area contributed by atoms with Gasteiger partial charge >= 0.3 is 0 Å². The summed E-state index contributed by atoms with van der Waals surface area (Å²) in [6.45, 7) is 5.24. The summed E-state index contributed by atoms with van der Waals surface area (Å²) in [6, 6.07) is 7.87. The molecule has 0 spiro atoms. The van der Waals surface area contributed by atoms with E-state index in [1.165, 1.54) is 29.6 Å². The molecule has 0 atom stereocenters. The second-order valence-electron chi connectivity index (χ2n) is 6.65. The number of hydrogen-bond donors (Lipinski definition) is 3. The number of pyridine rings is 1. The first kappa shape index (κ1) is 19.5. The largest absolute Gasteiger partial charge is 0.404 e. The second kappa shape index (κ2) is 9.10. The van der Waals surface area contributed by atoms with Crippen molar-refractivity contribution in [2.24, 2.45) is 5.73 Å². The van der Waals surface area contributed by atoms with E-state index in [0.29, 0.717) is 5.57 Å². The zero-order valence-electron chi connectivity index (χ0n) is 16.0. The van der Waals surface area contributed by atoms with Crippen LogP contribution in [-0.4, -0.2) is 35.1 Å². The van der Waals surface area contributed by atoms with Crippen molar-refractivity contribution >= 4 is 29.5 Å². The zero-order chi connectivity index (χ0) is 19.9. The maximum atomic E-state index is 12.4. The Bertz CT molecular complexity index is 932. The molecule has 3 rings (SSSR count). The van der Waals surface area contributed by atoms with Crippen LogP contribution in [0.2, 0.25) is 0 Å². The quantitative estimate of drug-likeness (QED) is 0.534. The molecule has 1 aromatic carbocycles. The van der Waals surface area contributed by atoms with Gasteiger partial charge in [-0.2, -0.15) is 0 Å². The van der Waals surface area contributed by atoms with E-state index in [-0.39, 0.29) is 5.91 Å². The fourth-order valence-corrected chi connectivity index (χ4v) is 3.33. The predicted octanol–water partition coefficient (Wildman–Crippen LogP) is 3.06. The Morgan fingerprint density at radius 3 is 2.96 bits per heavy atom. The molecular weight excluding hydrogens is 350 g/mol. The number of hydrogen-bond acceptors (Lipinski definition) is 5. The third-order valence-electron chi connectivity index (χ3n) is 4.92. The molecule has 0 fully saturated rings. The van der Waals surface area contributed by atoms with Gasteiger partial charge in [0.15, 0.2) is 0 Å². The molecule has 0 saturated carbocycles. The molecule has 0 saturated heterocycles. The van der Waals surface area contributed by atoms with Crippen molar-refractivity contribution in [1.82, 2.24) is 9.88 Å². The highest BCUT2D eigenvalue weighted by molar-refractivity contribution is 6.10. The molecule has 1 aliphatic rings. The average molecular weight is 375 g/mol. The molecule has 6 nitrogen and oxygen atoms in total. The van der Waals surface area contributed by atoms with Gasteiger partial charge in [-0.05, 0) is 53.9 Å². The smallest absolute Gasteiger partial charge is 0.248 e. The standard InChI is InChI=1S/C22H25N5O/c1-2-27-10-8-16-11-20(5-3-18(16)15-27)26-22(28)6-4-17-14-25-9-7-21(17)19(12-23)13-24/h3-7,9,11-14,23H,2,8,10,15,24H2,1H3,(H,26,28)/b6-4+,19-13+,23-12?. The summed E-state index contributed by atoms with van der Waals surface area (Å²) >= 11 is 0. The van der Waals surface area contributed by atoms with E-state index in [0.717, 1.165) is 42.9 Å². The Hall–Kier alpha value is -3.25. The van der Waals surface area contributed by atoms with E-state index in [2.05, 4.69) is 34.3 Å². The van der Waals surface area contributed by atoms with Crippen LogP contribution in [-0.2, 0) is 17.8 Å². The van der Waals surface area contributed by atoms with Crippen LogP contribution in [0.5, 0.6) is 0 Å². The summed E-state index contributed by atoms with van der Waals surface area (Å²) in [5.74, 6) is -0.214. The summed E-state index contributed by atoms with van der Waals surface area (Å²) < 4.78 is 0. The van der Waals surface area contributed by atoms with Crippen LogP contribution >= 0.6 is 0 Å². The number of carbonyl (C=O) groups is 1. The van der Waals surface area contributed by atoms with Gasteiger partial charge < -0.3 is 16.5 Å². The van der Waals surface area contributed by atoms with Crippen molar-refractivity contribution in [3.8, 4) is 0 Å². The predicted molar refractivity (Wildman–Crippen MR) is 114 cm³/mol. The van der Waals surface area contributed by atoms with Crippen molar-refractivity contribution in [2.75, 3.05) is 18.4 Å². The molecule has 2 heterocycles. The molecule has 1 aromatic heterocycles. The van der Waals surface area contributed by atoms with E-state index in [4.69, 9.17) is 11.1 Å². The number of amides is 1. The number of fused-ring (bicyclic) bond motifs is 1. The van der Waals surface area contributed by atoms with Crippen LogP contribution in [0.1, 0.15) is 29.2 Å². The first-order valence-electron chi connectivity index (χ1n) is 9.34. The normalized spacial score (nSPS) is 14.7. The minimum atomic E-state index is -0.214. The highest BCUT2D eigenvalue weighted by Gasteiger charge is 2.15. The lowest BCUT2D eigenvalue weighted by Crippen LogP contribution is -2.30. The Balaban J connectivity index is 1.71. The molecule has 1 aliphatic heterocycles. The molecule has 28 heavy (non-hydrogen) atoms. The van der Waals surface area contributed by atoms with E-state index >= 15 is 0 Å². The van der Waals surface area contributed by atoms with Gasteiger partial charge in [0.05, 0.1) is 0 Å². The monoisotopic (exact) mass is 375 g/mol. The maximum Gasteiger partial charge on any atom is 0.248 e. The topological polar surface area (TPSA) is 95.1 Å². The number of anilines is 1. The number of benzene rings is 1. The summed E-state index contributed by atoms with van der Waals surface area (Å²) in [6.07, 6.45) is 9.97. The third kappa shape index (κ3) is 4.53. The van der Waals surface area contributed by atoms with Crippen molar-refractivity contribution in [3.63, 3.8) is 0 Å². The maximum absolute atomic E-state index is 12.4. The van der Waals surface area contributed by atoms with Crippen LogP contribution in [0.15, 0.2) is 48.9 Å². The lowest BCUT2D eigenvalue weighted by atomic mass is 9.99. The molecule has 0 bridgehead atoms. The first-order valence-corrected chi connectivity index (χ1v) is 9.34. The fourth-order valence-electron chi connectivity index (χ4n) is 3.33. The third-order valence-corrected chi connectivity index (χ3v) is 4.92. The van der Waals surface area contributed by atoms with Crippen molar-refractivity contribution in [1.29, 1.82) is 5.41 Å². The molecule has 144 valence electrons. The molecule has 1 amide bonds. The number of aromatic nitrogens is 1. The first-order chi connectivity index (χ1) is 13.6. The molecule has 4 N–H and O–H groups in total. The van der Waals surface area contributed by atoms with Gasteiger partial charge in [-0.15, -0.1) is 0 Å². The van der Waals surface area contributed by atoms with E-state index in [1.807, 2.05) is 6.07 Å². The van der Waals surface area contributed by atoms with Gasteiger partial charge in [0, 0.05) is 60.8 Å². The minimum absolute atomic E-state index is 0.214. The van der Waals surface area contributed by atoms with Gasteiger partial charge in [-0.25, -0.2) is 0 Å². The number of nitrogens with zero attached hydrogens (tertiary/aromatic N) is 2. The number of allylic oxidation sites excluding steroid dienone is 1. The Morgan fingerprint density at radius 1 is 1.36 bits per heavy atom. The van der Waals surface area contributed by atoms with Crippen LogP contribution in [0.25, 0.3) is 11.6 Å². The molecular formula is C22H25N5O. The van der Waals surface area contributed by atoms with Crippen LogP contribution in [0.4, 0.5) is 5.69 Å². The summed E-state index contributed by atoms with van der Waals surface area (Å²) in [5, 5.41) is 10.4. The highest BCUT2D eigenvalue weighted by Crippen LogP contribution is 2.23. The fraction of sp³-hybridized carbons (Fsp3) is 0.227. The SMILES string of the molecule is CCN1CCc2cc(NC(=O)/C=C/c3cnccc3/C(C=N)=C/N)ccc2C1. The van der Waals surface area contributed by atoms with Crippen molar-refractivity contribution in [2.45, 2.75) is 19.9 Å². The summed E-state index contributed by atoms with van der Waals surface area (Å²) in [5.41, 5.74) is 11.0. The Kier molecular flexibility index (Phi) is 6.34. The number of nitrogens with one attached hydrogen (secondary N) is 2. The summed E-state index contributed by atoms with van der Waals surface area (Å²) in [4.78, 5) is 18.9. The zero-order valence-corrected chi connectivity index (χ0v) is 16.0. The molecule has 2 aromatic rings. The van der Waals surface area contributed by atoms with Crippen LogP contribution in [0, 0.1) is 5.41 Å². The van der Waals surface area contributed by atoms with Crippen LogP contribution < -0.4 is 11.1 Å². The Morgan fingerprint density at radius 2 is 2.21 bits per heavy atom. The number of rotatable bonds is 6. The van der Waals surface area contributed by atoms with Gasteiger partial charge in [0.25, 0.3) is 0 Å². The van der Waals surface area contributed by atoms with E-state index in [1.54, 1.807) is 24.5 Å². The van der Waals surface area contributed by atoms with Gasteiger partial charge in [-0.3, -0.25) is 14.7 Å². The number of carbonyl (C=O) groups excluding carboxylic acids is 1. The van der Waals surface area contributed by atoms with Gasteiger partial charge in [0.1, 0.15) is 0 Å². The molecule has 0 radical (unpaired) electrons. The van der Waals surface area contributed by atoms with E-state index in [9.17, 15) is 4.79 Å². The highest BCUT2D eigenvalue weighted by atomic mass is 16.1. The van der Waals surface area contributed by atoms with Crippen molar-refractivity contribution < 1.29 is 4.79 Å². The molecule has 0 aliphatic carbocycles. The number of likely N-dealkylation sites (N-methyl/N-ethyl adjacent to an activating group) is 1. The van der Waals surface area contributed by atoms with E-state index < -0.39 is 0 Å². The van der Waals surface area contributed by atoms with Crippen molar-refractivity contribution in [3.05, 3.63) is 71.2 Å². The second-order valence-corrected chi connectivity index (χ2v) is 6.65. The molecule has 0 unspecified atom stereocenters. The average Bonchev–Trinajstić information content (AvgIpc) is 2.73. The minimum Gasteiger partial charge on any atom is -0.404 e.